The molecular formula is C24H26N2O2. The number of carbonyl (C=O) groups excluding carboxylic acids is 1. The van der Waals surface area contributed by atoms with Gasteiger partial charge < -0.3 is 20.6 Å². The number of rotatable bonds is 9. The Kier molecular flexibility index (Phi) is 6.82. The topological polar surface area (TPSA) is 64.3 Å². The van der Waals surface area contributed by atoms with Gasteiger partial charge in [-0.2, -0.15) is 0 Å². The Morgan fingerprint density at radius 3 is 2.57 bits per heavy atom. The van der Waals surface area contributed by atoms with Crippen molar-refractivity contribution in [3.8, 4) is 16.9 Å². The summed E-state index contributed by atoms with van der Waals surface area (Å²) in [5.74, 6) is 0.745. The fraction of sp³-hybridized carbons (Fsp3) is 0.208. The number of hydrogen-bond donors (Lipinski definition) is 2. The van der Waals surface area contributed by atoms with Gasteiger partial charge in [-0.05, 0) is 59.5 Å². The fourth-order valence-electron chi connectivity index (χ4n) is 3.19. The Hall–Kier alpha value is -3.11. The maximum atomic E-state index is 10.9. The molecule has 28 heavy (non-hydrogen) atoms. The summed E-state index contributed by atoms with van der Waals surface area (Å²) in [5, 5.41) is 3.39. The zero-order valence-corrected chi connectivity index (χ0v) is 16.2. The zero-order valence-electron chi connectivity index (χ0n) is 16.2. The van der Waals surface area contributed by atoms with Crippen LogP contribution < -0.4 is 15.8 Å². The van der Waals surface area contributed by atoms with Crippen LogP contribution >= 0.6 is 0 Å². The second-order valence-electron chi connectivity index (χ2n) is 6.62. The molecule has 0 heterocycles. The molecule has 0 atom stereocenters. The molecule has 0 aliphatic heterocycles. The number of hydrogen-bond acceptors (Lipinski definition) is 4. The summed E-state index contributed by atoms with van der Waals surface area (Å²) in [7, 11) is 0. The minimum absolute atomic E-state index is 0.352. The number of benzene rings is 3. The summed E-state index contributed by atoms with van der Waals surface area (Å²) >= 11 is 0. The van der Waals surface area contributed by atoms with E-state index in [4.69, 9.17) is 10.5 Å². The van der Waals surface area contributed by atoms with Gasteiger partial charge in [-0.15, -0.1) is 0 Å². The SMILES string of the molecule is CCNc1cc(COc2ccccc2CC=O)cc(-c2cccc(CN)c2)c1. The molecule has 0 bridgehead atoms. The average molecular weight is 374 g/mol. The number of nitrogens with one attached hydrogen (secondary N) is 1. The molecule has 4 heteroatoms. The van der Waals surface area contributed by atoms with Gasteiger partial charge in [-0.25, -0.2) is 0 Å². The quantitative estimate of drug-likeness (QED) is 0.539. The van der Waals surface area contributed by atoms with Gasteiger partial charge in [-0.3, -0.25) is 0 Å². The minimum Gasteiger partial charge on any atom is -0.489 e. The highest BCUT2D eigenvalue weighted by molar-refractivity contribution is 5.70. The maximum Gasteiger partial charge on any atom is 0.124 e. The van der Waals surface area contributed by atoms with Crippen molar-refractivity contribution < 1.29 is 9.53 Å². The first-order chi connectivity index (χ1) is 13.7. The number of nitrogens with two attached hydrogens (primary N) is 1. The van der Waals surface area contributed by atoms with E-state index in [1.807, 2.05) is 36.4 Å². The summed E-state index contributed by atoms with van der Waals surface area (Å²) in [6.45, 7) is 3.87. The van der Waals surface area contributed by atoms with Gasteiger partial charge in [0.2, 0.25) is 0 Å². The Bertz CT molecular complexity index is 937. The van der Waals surface area contributed by atoms with E-state index in [2.05, 4.69) is 42.6 Å². The molecule has 0 aliphatic carbocycles. The highest BCUT2D eigenvalue weighted by Gasteiger charge is 2.07. The number of ether oxygens (including phenoxy) is 1. The van der Waals surface area contributed by atoms with Crippen LogP contribution in [0.3, 0.4) is 0 Å². The third-order valence-electron chi connectivity index (χ3n) is 4.54. The zero-order chi connectivity index (χ0) is 19.8. The van der Waals surface area contributed by atoms with E-state index in [0.29, 0.717) is 19.6 Å². The molecule has 3 rings (SSSR count). The first kappa shape index (κ1) is 19.6. The molecule has 0 aliphatic rings. The number of para-hydroxylation sites is 1. The Morgan fingerprint density at radius 1 is 0.964 bits per heavy atom. The molecule has 0 aromatic heterocycles. The van der Waals surface area contributed by atoms with E-state index in [1.165, 1.54) is 0 Å². The Balaban J connectivity index is 1.88. The van der Waals surface area contributed by atoms with Gasteiger partial charge in [0.15, 0.2) is 0 Å². The average Bonchev–Trinajstić information content (AvgIpc) is 2.73. The van der Waals surface area contributed by atoms with E-state index in [9.17, 15) is 4.79 Å². The Labute approximate surface area is 166 Å². The summed E-state index contributed by atoms with van der Waals surface area (Å²) in [4.78, 5) is 10.9. The van der Waals surface area contributed by atoms with Crippen molar-refractivity contribution >= 4 is 12.0 Å². The third kappa shape index (κ3) is 4.99. The van der Waals surface area contributed by atoms with Crippen LogP contribution in [0.2, 0.25) is 0 Å². The van der Waals surface area contributed by atoms with Crippen molar-refractivity contribution in [2.75, 3.05) is 11.9 Å². The largest absolute Gasteiger partial charge is 0.489 e. The lowest BCUT2D eigenvalue weighted by Crippen LogP contribution is -2.02. The molecule has 3 aromatic rings. The second-order valence-corrected chi connectivity index (χ2v) is 6.62. The van der Waals surface area contributed by atoms with E-state index in [1.54, 1.807) is 0 Å². The van der Waals surface area contributed by atoms with Gasteiger partial charge in [0.25, 0.3) is 0 Å². The van der Waals surface area contributed by atoms with Crippen LogP contribution in [0.4, 0.5) is 5.69 Å². The Morgan fingerprint density at radius 2 is 1.79 bits per heavy atom. The summed E-state index contributed by atoms with van der Waals surface area (Å²) < 4.78 is 6.04. The van der Waals surface area contributed by atoms with Crippen LogP contribution in [0.15, 0.2) is 66.7 Å². The first-order valence-corrected chi connectivity index (χ1v) is 9.55. The number of aldehydes is 1. The lowest BCUT2D eigenvalue weighted by atomic mass is 10.00. The van der Waals surface area contributed by atoms with E-state index >= 15 is 0 Å². The summed E-state index contributed by atoms with van der Waals surface area (Å²) in [6, 6.07) is 22.3. The lowest BCUT2D eigenvalue weighted by Gasteiger charge is -2.14. The predicted octanol–water partition coefficient (Wildman–Crippen LogP) is 4.56. The van der Waals surface area contributed by atoms with Crippen LogP contribution in [0.1, 0.15) is 23.6 Å². The molecular weight excluding hydrogens is 348 g/mol. The smallest absolute Gasteiger partial charge is 0.124 e. The van der Waals surface area contributed by atoms with Crippen LogP contribution in [-0.2, 0) is 24.4 Å². The van der Waals surface area contributed by atoms with E-state index in [-0.39, 0.29) is 0 Å². The highest BCUT2D eigenvalue weighted by atomic mass is 16.5. The fourth-order valence-corrected chi connectivity index (χ4v) is 3.19. The van der Waals surface area contributed by atoms with Crippen LogP contribution in [0, 0.1) is 0 Å². The van der Waals surface area contributed by atoms with Crippen molar-refractivity contribution in [3.63, 3.8) is 0 Å². The molecule has 0 radical (unpaired) electrons. The summed E-state index contributed by atoms with van der Waals surface area (Å²) in [5.41, 5.74) is 12.2. The van der Waals surface area contributed by atoms with Crippen molar-refractivity contribution in [2.24, 2.45) is 5.73 Å². The van der Waals surface area contributed by atoms with Gasteiger partial charge in [0.05, 0.1) is 0 Å². The van der Waals surface area contributed by atoms with Crippen molar-refractivity contribution in [2.45, 2.75) is 26.5 Å². The molecule has 0 saturated carbocycles. The molecule has 3 N–H and O–H groups in total. The van der Waals surface area contributed by atoms with Crippen LogP contribution in [0.25, 0.3) is 11.1 Å². The van der Waals surface area contributed by atoms with E-state index < -0.39 is 0 Å². The maximum absolute atomic E-state index is 10.9. The molecule has 0 fully saturated rings. The minimum atomic E-state index is 0.352. The van der Waals surface area contributed by atoms with Crippen molar-refractivity contribution in [1.82, 2.24) is 0 Å². The van der Waals surface area contributed by atoms with Gasteiger partial charge in [0.1, 0.15) is 18.6 Å². The highest BCUT2D eigenvalue weighted by Crippen LogP contribution is 2.27. The number of anilines is 1. The molecule has 0 amide bonds. The normalized spacial score (nSPS) is 10.5. The first-order valence-electron chi connectivity index (χ1n) is 9.55. The molecule has 3 aromatic carbocycles. The second kappa shape index (κ2) is 9.72. The predicted molar refractivity (Wildman–Crippen MR) is 114 cm³/mol. The molecule has 0 unspecified atom stereocenters. The summed E-state index contributed by atoms with van der Waals surface area (Å²) in [6.07, 6.45) is 1.25. The van der Waals surface area contributed by atoms with Crippen LogP contribution in [-0.4, -0.2) is 12.8 Å². The van der Waals surface area contributed by atoms with Crippen molar-refractivity contribution in [1.29, 1.82) is 0 Å². The van der Waals surface area contributed by atoms with Gasteiger partial charge >= 0.3 is 0 Å². The monoisotopic (exact) mass is 374 g/mol. The standard InChI is InChI=1S/C24H26N2O2/c1-2-26-23-14-19(17-28-24-9-4-3-7-20(24)10-11-27)13-22(15-23)21-8-5-6-18(12-21)16-25/h3-9,11-15,26H,2,10,16-17,25H2,1H3. The van der Waals surface area contributed by atoms with Crippen LogP contribution in [0.5, 0.6) is 5.75 Å². The molecule has 144 valence electrons. The molecule has 0 saturated heterocycles. The third-order valence-corrected chi connectivity index (χ3v) is 4.54. The van der Waals surface area contributed by atoms with Gasteiger partial charge in [0, 0.05) is 30.8 Å². The van der Waals surface area contributed by atoms with E-state index in [0.717, 1.165) is 52.1 Å². The van der Waals surface area contributed by atoms with Crippen molar-refractivity contribution in [3.05, 3.63) is 83.4 Å². The van der Waals surface area contributed by atoms with Gasteiger partial charge in [-0.1, -0.05) is 36.4 Å². The molecule has 0 spiro atoms. The number of carbonyl (C=O) groups is 1. The molecule has 4 nitrogen and oxygen atoms in total. The lowest BCUT2D eigenvalue weighted by molar-refractivity contribution is -0.107.